The van der Waals surface area contributed by atoms with E-state index in [1.54, 1.807) is 0 Å². The van der Waals surface area contributed by atoms with E-state index >= 15 is 0 Å². The fourth-order valence-corrected chi connectivity index (χ4v) is 0.359. The van der Waals surface area contributed by atoms with Crippen molar-refractivity contribution in [3.05, 3.63) is 0 Å². The first-order valence-electron chi connectivity index (χ1n) is 2.00. The zero-order chi connectivity index (χ0) is 5.70. The van der Waals surface area contributed by atoms with Gasteiger partial charge in [-0.2, -0.15) is 0 Å². The van der Waals surface area contributed by atoms with Gasteiger partial charge in [0.2, 0.25) is 0 Å². The summed E-state index contributed by atoms with van der Waals surface area (Å²) in [6, 6.07) is 0. The molecule has 0 atom stereocenters. The summed E-state index contributed by atoms with van der Waals surface area (Å²) in [5.41, 5.74) is 0. The molecule has 0 N–H and O–H groups in total. The molecule has 0 unspecified atom stereocenters. The molecule has 0 rings (SSSR count). The topological polar surface area (TPSA) is 3.24 Å². The molecular weight excluding hydrogens is 201 g/mol. The van der Waals surface area contributed by atoms with E-state index in [0.717, 1.165) is 6.54 Å². The number of halogens is 1. The van der Waals surface area contributed by atoms with Crippen molar-refractivity contribution in [2.45, 2.75) is 0 Å². The Labute approximate surface area is 58.2 Å². The molecule has 0 aromatic rings. The Balaban J connectivity index is 3.08. The number of nitrogens with zero attached hydrogens (tertiary/aromatic N) is 1. The summed E-state index contributed by atoms with van der Waals surface area (Å²) in [7, 11) is 4.00. The molecule has 0 amide bonds. The van der Waals surface area contributed by atoms with Gasteiger partial charge < -0.3 is 0 Å². The summed E-state index contributed by atoms with van der Waals surface area (Å²) in [6.07, 6.45) is 0. The molecule has 0 aliphatic rings. The van der Waals surface area contributed by atoms with Crippen LogP contribution in [0.4, 0.5) is 0 Å². The van der Waals surface area contributed by atoms with Crippen molar-refractivity contribution in [1.29, 1.82) is 0 Å². The Morgan fingerprint density at radius 3 is 2.29 bits per heavy atom. The van der Waals surface area contributed by atoms with Crippen molar-refractivity contribution in [3.63, 3.8) is 0 Å². The molecule has 0 aliphatic heterocycles. The lowest BCUT2D eigenvalue weighted by molar-refractivity contribution is 0.464. The zero-order valence-corrected chi connectivity index (χ0v) is 6.69. The highest BCUT2D eigenvalue weighted by Crippen LogP contribution is 1.72. The van der Waals surface area contributed by atoms with E-state index in [1.165, 1.54) is 0 Å². The number of rotatable bonds is 1. The maximum atomic E-state index is 2.91. The average molecular weight is 209 g/mol. The maximum Gasteiger partial charge on any atom is 0.0604 e. The predicted octanol–water partition coefficient (Wildman–Crippen LogP) is 0.944. The van der Waals surface area contributed by atoms with Crippen LogP contribution in [0.3, 0.4) is 0 Å². The first kappa shape index (κ1) is 7.25. The minimum Gasteiger partial charge on any atom is -0.299 e. The van der Waals surface area contributed by atoms with Gasteiger partial charge in [-0.1, -0.05) is 5.92 Å². The van der Waals surface area contributed by atoms with Crippen LogP contribution in [0.1, 0.15) is 0 Å². The second-order valence-electron chi connectivity index (χ2n) is 1.51. The van der Waals surface area contributed by atoms with E-state index in [0.29, 0.717) is 0 Å². The standard InChI is InChI=1S/C5H8IN/c1-7(2)5-3-4-6/h5H2,1-2H3. The van der Waals surface area contributed by atoms with Crippen LogP contribution < -0.4 is 0 Å². The summed E-state index contributed by atoms with van der Waals surface area (Å²) in [4.78, 5) is 2.03. The monoisotopic (exact) mass is 209 g/mol. The van der Waals surface area contributed by atoms with Gasteiger partial charge in [0.25, 0.3) is 0 Å². The molecule has 0 bridgehead atoms. The lowest BCUT2D eigenvalue weighted by Gasteiger charge is -1.99. The maximum absolute atomic E-state index is 2.91. The van der Waals surface area contributed by atoms with Crippen LogP contribution in [-0.2, 0) is 0 Å². The Morgan fingerprint density at radius 1 is 1.57 bits per heavy atom. The lowest BCUT2D eigenvalue weighted by Crippen LogP contribution is -2.10. The highest BCUT2D eigenvalue weighted by atomic mass is 127. The summed E-state index contributed by atoms with van der Waals surface area (Å²) in [5, 5.41) is 0. The van der Waals surface area contributed by atoms with Gasteiger partial charge in [0, 0.05) is 22.6 Å². The van der Waals surface area contributed by atoms with Crippen LogP contribution in [0.2, 0.25) is 0 Å². The van der Waals surface area contributed by atoms with Crippen LogP contribution in [0.25, 0.3) is 0 Å². The van der Waals surface area contributed by atoms with Gasteiger partial charge in [0.15, 0.2) is 0 Å². The largest absolute Gasteiger partial charge is 0.299 e. The summed E-state index contributed by atoms with van der Waals surface area (Å²) in [5.74, 6) is 2.91. The van der Waals surface area contributed by atoms with Crippen LogP contribution in [0, 0.1) is 9.85 Å². The van der Waals surface area contributed by atoms with Crippen molar-refractivity contribution in [3.8, 4) is 9.85 Å². The predicted molar refractivity (Wildman–Crippen MR) is 40.4 cm³/mol. The molecule has 0 aromatic heterocycles. The Kier molecular flexibility index (Phi) is 4.57. The fraction of sp³-hybridized carbons (Fsp3) is 0.600. The highest BCUT2D eigenvalue weighted by Gasteiger charge is 1.77. The van der Waals surface area contributed by atoms with E-state index in [9.17, 15) is 0 Å². The third-order valence-electron chi connectivity index (χ3n) is 0.462. The molecule has 0 fully saturated rings. The van der Waals surface area contributed by atoms with Crippen LogP contribution in [0.15, 0.2) is 0 Å². The summed E-state index contributed by atoms with van der Waals surface area (Å²) < 4.78 is 2.78. The van der Waals surface area contributed by atoms with E-state index in [4.69, 9.17) is 0 Å². The first-order chi connectivity index (χ1) is 3.27. The molecule has 0 saturated carbocycles. The van der Waals surface area contributed by atoms with Gasteiger partial charge in [-0.25, -0.2) is 0 Å². The van der Waals surface area contributed by atoms with E-state index in [-0.39, 0.29) is 0 Å². The second-order valence-corrected chi connectivity index (χ2v) is 2.05. The quantitative estimate of drug-likeness (QED) is 0.459. The molecule has 0 radical (unpaired) electrons. The molecule has 2 heteroatoms. The van der Waals surface area contributed by atoms with Crippen LogP contribution in [0.5, 0.6) is 0 Å². The molecule has 0 aromatic carbocycles. The normalized spacial score (nSPS) is 8.00. The molecule has 0 aliphatic carbocycles. The van der Waals surface area contributed by atoms with Crippen LogP contribution in [-0.4, -0.2) is 25.5 Å². The zero-order valence-electron chi connectivity index (χ0n) is 4.53. The van der Waals surface area contributed by atoms with Gasteiger partial charge in [0.1, 0.15) is 0 Å². The van der Waals surface area contributed by atoms with Crippen molar-refractivity contribution in [2.75, 3.05) is 20.6 Å². The first-order valence-corrected chi connectivity index (χ1v) is 3.08. The third kappa shape index (κ3) is 6.25. The van der Waals surface area contributed by atoms with E-state index in [2.05, 4.69) is 9.85 Å². The molecule has 0 spiro atoms. The number of hydrogen-bond donors (Lipinski definition) is 0. The average Bonchev–Trinajstić information content (AvgIpc) is 1.61. The van der Waals surface area contributed by atoms with E-state index in [1.807, 2.05) is 41.6 Å². The van der Waals surface area contributed by atoms with Gasteiger partial charge in [-0.05, 0) is 18.0 Å². The SMILES string of the molecule is CN(C)CC#CI. The smallest absolute Gasteiger partial charge is 0.0604 e. The summed E-state index contributed by atoms with van der Waals surface area (Å²) in [6.45, 7) is 0.864. The minimum absolute atomic E-state index is 0.864. The number of hydrogen-bond acceptors (Lipinski definition) is 1. The lowest BCUT2D eigenvalue weighted by atomic mass is 10.6. The highest BCUT2D eigenvalue weighted by molar-refractivity contribution is 14.1. The van der Waals surface area contributed by atoms with Gasteiger partial charge in [-0.15, -0.1) is 0 Å². The van der Waals surface area contributed by atoms with Crippen molar-refractivity contribution >= 4 is 22.6 Å². The molecular formula is C5H8IN. The van der Waals surface area contributed by atoms with Gasteiger partial charge in [0.05, 0.1) is 6.54 Å². The third-order valence-corrected chi connectivity index (χ3v) is 0.843. The molecule has 1 nitrogen and oxygen atoms in total. The summed E-state index contributed by atoms with van der Waals surface area (Å²) >= 11 is 2.03. The second kappa shape index (κ2) is 4.41. The van der Waals surface area contributed by atoms with Gasteiger partial charge >= 0.3 is 0 Å². The molecule has 0 saturated heterocycles. The van der Waals surface area contributed by atoms with E-state index < -0.39 is 0 Å². The Morgan fingerprint density at radius 2 is 2.14 bits per heavy atom. The van der Waals surface area contributed by atoms with Gasteiger partial charge in [-0.3, -0.25) is 4.90 Å². The van der Waals surface area contributed by atoms with Crippen molar-refractivity contribution in [2.24, 2.45) is 0 Å². The Bertz CT molecular complexity index is 88.0. The molecule has 0 heterocycles. The van der Waals surface area contributed by atoms with Crippen molar-refractivity contribution < 1.29 is 0 Å². The molecule has 40 valence electrons. The van der Waals surface area contributed by atoms with Crippen molar-refractivity contribution in [1.82, 2.24) is 4.90 Å². The fourth-order valence-electron chi connectivity index (χ4n) is 0.188. The minimum atomic E-state index is 0.864. The Hall–Kier alpha value is 0.250. The molecule has 7 heavy (non-hydrogen) atoms. The van der Waals surface area contributed by atoms with Crippen LogP contribution >= 0.6 is 22.6 Å².